The maximum absolute atomic E-state index is 13.3. The standard InChI is InChI=1S/C29H38N6O/c1-7-12-26(27-31-32-33-35(27)29(5,6)8-2)34(18-22-13-10-9-11-14-22)19-23-17-24-21(4)15-20(3)16-25(24)30-28(23)36/h9-11,13-17,26H,7-8,12,18-19H2,1-6H3,(H,30,36). The van der Waals surface area contributed by atoms with Gasteiger partial charge >= 0.3 is 0 Å². The van der Waals surface area contributed by atoms with E-state index in [9.17, 15) is 4.79 Å². The van der Waals surface area contributed by atoms with Crippen molar-refractivity contribution in [2.24, 2.45) is 0 Å². The van der Waals surface area contributed by atoms with E-state index in [0.717, 1.165) is 52.7 Å². The molecule has 0 saturated carbocycles. The first kappa shape index (κ1) is 25.8. The van der Waals surface area contributed by atoms with Crippen LogP contribution in [0.5, 0.6) is 0 Å². The van der Waals surface area contributed by atoms with E-state index in [1.807, 2.05) is 16.8 Å². The number of fused-ring (bicyclic) bond motifs is 1. The van der Waals surface area contributed by atoms with Crippen LogP contribution in [-0.2, 0) is 18.6 Å². The molecule has 0 aliphatic heterocycles. The number of hydrogen-bond donors (Lipinski definition) is 1. The van der Waals surface area contributed by atoms with Crippen LogP contribution in [0.4, 0.5) is 0 Å². The van der Waals surface area contributed by atoms with Gasteiger partial charge in [0.25, 0.3) is 5.56 Å². The van der Waals surface area contributed by atoms with Gasteiger partial charge < -0.3 is 4.98 Å². The van der Waals surface area contributed by atoms with E-state index in [0.29, 0.717) is 13.1 Å². The number of tetrazole rings is 1. The van der Waals surface area contributed by atoms with Gasteiger partial charge in [-0.05, 0) is 79.8 Å². The first-order chi connectivity index (χ1) is 17.2. The maximum atomic E-state index is 13.3. The van der Waals surface area contributed by atoms with Crippen LogP contribution in [0.2, 0.25) is 0 Å². The van der Waals surface area contributed by atoms with Gasteiger partial charge in [0.15, 0.2) is 5.82 Å². The van der Waals surface area contributed by atoms with Crippen molar-refractivity contribution in [3.63, 3.8) is 0 Å². The van der Waals surface area contributed by atoms with Gasteiger partial charge in [0.05, 0.1) is 11.6 Å². The van der Waals surface area contributed by atoms with Crippen LogP contribution >= 0.6 is 0 Å². The molecular weight excluding hydrogens is 448 g/mol. The minimum absolute atomic E-state index is 0.0368. The highest BCUT2D eigenvalue weighted by Gasteiger charge is 2.31. The van der Waals surface area contributed by atoms with Gasteiger partial charge in [0.2, 0.25) is 0 Å². The molecular formula is C29H38N6O. The summed E-state index contributed by atoms with van der Waals surface area (Å²) in [6.45, 7) is 14.0. The van der Waals surface area contributed by atoms with Crippen LogP contribution < -0.4 is 5.56 Å². The van der Waals surface area contributed by atoms with Gasteiger partial charge in [0.1, 0.15) is 0 Å². The van der Waals surface area contributed by atoms with Gasteiger partial charge in [-0.1, -0.05) is 56.7 Å². The summed E-state index contributed by atoms with van der Waals surface area (Å²) in [6.07, 6.45) is 2.77. The minimum Gasteiger partial charge on any atom is -0.322 e. The third-order valence-corrected chi connectivity index (χ3v) is 7.22. The summed E-state index contributed by atoms with van der Waals surface area (Å²) in [4.78, 5) is 18.7. The van der Waals surface area contributed by atoms with E-state index in [1.165, 1.54) is 5.56 Å². The van der Waals surface area contributed by atoms with Gasteiger partial charge in [-0.3, -0.25) is 9.69 Å². The summed E-state index contributed by atoms with van der Waals surface area (Å²) >= 11 is 0. The predicted octanol–water partition coefficient (Wildman–Crippen LogP) is 5.82. The highest BCUT2D eigenvalue weighted by atomic mass is 16.1. The second-order valence-corrected chi connectivity index (χ2v) is 10.5. The molecule has 1 unspecified atom stereocenters. The third kappa shape index (κ3) is 5.41. The lowest BCUT2D eigenvalue weighted by molar-refractivity contribution is 0.145. The molecule has 4 aromatic rings. The summed E-state index contributed by atoms with van der Waals surface area (Å²) in [5.74, 6) is 0.851. The quantitative estimate of drug-likeness (QED) is 0.305. The fourth-order valence-corrected chi connectivity index (χ4v) is 4.88. The van der Waals surface area contributed by atoms with Crippen LogP contribution in [0.15, 0.2) is 53.3 Å². The zero-order valence-corrected chi connectivity index (χ0v) is 22.4. The molecule has 2 aromatic carbocycles. The summed E-state index contributed by atoms with van der Waals surface area (Å²) in [5, 5.41) is 14.1. The molecule has 2 aromatic heterocycles. The molecule has 2 heterocycles. The van der Waals surface area contributed by atoms with Gasteiger partial charge in [-0.25, -0.2) is 4.68 Å². The smallest absolute Gasteiger partial charge is 0.252 e. The second-order valence-electron chi connectivity index (χ2n) is 10.5. The number of aromatic amines is 1. The van der Waals surface area contributed by atoms with E-state index in [1.54, 1.807) is 0 Å². The fourth-order valence-electron chi connectivity index (χ4n) is 4.88. The number of pyridine rings is 1. The molecule has 0 aliphatic carbocycles. The average molecular weight is 487 g/mol. The second kappa shape index (κ2) is 10.7. The van der Waals surface area contributed by atoms with E-state index in [-0.39, 0.29) is 17.1 Å². The van der Waals surface area contributed by atoms with Crippen LogP contribution in [0.3, 0.4) is 0 Å². The van der Waals surface area contributed by atoms with Crippen molar-refractivity contribution in [2.75, 3.05) is 0 Å². The van der Waals surface area contributed by atoms with Crippen LogP contribution in [0.25, 0.3) is 10.9 Å². The number of rotatable bonds is 10. The zero-order valence-electron chi connectivity index (χ0n) is 22.4. The number of aryl methyl sites for hydroxylation is 2. The molecule has 0 saturated heterocycles. The predicted molar refractivity (Wildman–Crippen MR) is 145 cm³/mol. The van der Waals surface area contributed by atoms with E-state index >= 15 is 0 Å². The van der Waals surface area contributed by atoms with E-state index < -0.39 is 0 Å². The average Bonchev–Trinajstić information content (AvgIpc) is 3.34. The van der Waals surface area contributed by atoms with Crippen molar-refractivity contribution in [2.45, 2.75) is 85.5 Å². The summed E-state index contributed by atoms with van der Waals surface area (Å²) in [6, 6.07) is 16.6. The lowest BCUT2D eigenvalue weighted by atomic mass is 10.00. The summed E-state index contributed by atoms with van der Waals surface area (Å²) in [7, 11) is 0. The lowest BCUT2D eigenvalue weighted by Gasteiger charge is -2.33. The number of aromatic nitrogens is 5. The monoisotopic (exact) mass is 486 g/mol. The number of hydrogen-bond acceptors (Lipinski definition) is 5. The molecule has 0 radical (unpaired) electrons. The summed E-state index contributed by atoms with van der Waals surface area (Å²) in [5.41, 5.74) is 4.87. The Kier molecular flexibility index (Phi) is 7.69. The topological polar surface area (TPSA) is 79.7 Å². The molecule has 0 spiro atoms. The Balaban J connectivity index is 1.81. The van der Waals surface area contributed by atoms with Crippen molar-refractivity contribution in [3.05, 3.63) is 87.0 Å². The normalized spacial score (nSPS) is 13.0. The molecule has 7 nitrogen and oxygen atoms in total. The number of nitrogens with zero attached hydrogens (tertiary/aromatic N) is 5. The van der Waals surface area contributed by atoms with Crippen LogP contribution in [0, 0.1) is 13.8 Å². The Bertz CT molecular complexity index is 1370. The molecule has 0 bridgehead atoms. The molecule has 1 atom stereocenters. The molecule has 0 amide bonds. The third-order valence-electron chi connectivity index (χ3n) is 7.22. The van der Waals surface area contributed by atoms with Crippen LogP contribution in [0.1, 0.15) is 81.1 Å². The van der Waals surface area contributed by atoms with Crippen molar-refractivity contribution < 1.29 is 0 Å². The molecule has 0 fully saturated rings. The van der Waals surface area contributed by atoms with Crippen LogP contribution in [-0.4, -0.2) is 30.1 Å². The Morgan fingerprint density at radius 1 is 1.06 bits per heavy atom. The maximum Gasteiger partial charge on any atom is 0.252 e. The zero-order chi connectivity index (χ0) is 25.9. The Morgan fingerprint density at radius 3 is 2.50 bits per heavy atom. The van der Waals surface area contributed by atoms with Crippen molar-refractivity contribution >= 4 is 10.9 Å². The molecule has 4 rings (SSSR count). The van der Waals surface area contributed by atoms with Crippen molar-refractivity contribution in [1.29, 1.82) is 0 Å². The molecule has 190 valence electrons. The first-order valence-corrected chi connectivity index (χ1v) is 12.9. The molecule has 0 aliphatic rings. The Labute approximate surface area is 213 Å². The number of benzene rings is 2. The lowest BCUT2D eigenvalue weighted by Crippen LogP contribution is -2.36. The van der Waals surface area contributed by atoms with Crippen molar-refractivity contribution in [1.82, 2.24) is 30.1 Å². The highest BCUT2D eigenvalue weighted by Crippen LogP contribution is 2.31. The minimum atomic E-state index is -0.210. The largest absolute Gasteiger partial charge is 0.322 e. The van der Waals surface area contributed by atoms with Gasteiger partial charge in [-0.15, -0.1) is 5.10 Å². The van der Waals surface area contributed by atoms with Gasteiger partial charge in [0, 0.05) is 29.6 Å². The SMILES string of the molecule is CCCC(c1nnnn1C(C)(C)CC)N(Cc1ccccc1)Cc1cc2c(C)cc(C)cc2[nH]c1=O. The molecule has 1 N–H and O–H groups in total. The molecule has 36 heavy (non-hydrogen) atoms. The van der Waals surface area contributed by atoms with E-state index in [2.05, 4.69) is 103 Å². The van der Waals surface area contributed by atoms with Crippen molar-refractivity contribution in [3.8, 4) is 0 Å². The summed E-state index contributed by atoms with van der Waals surface area (Å²) < 4.78 is 1.98. The highest BCUT2D eigenvalue weighted by molar-refractivity contribution is 5.83. The number of H-pyrrole nitrogens is 1. The fraction of sp³-hybridized carbons (Fsp3) is 0.448. The molecule has 7 heteroatoms. The first-order valence-electron chi connectivity index (χ1n) is 12.9. The Morgan fingerprint density at radius 2 is 1.81 bits per heavy atom. The number of nitrogens with one attached hydrogen (secondary N) is 1. The van der Waals surface area contributed by atoms with Gasteiger partial charge in [-0.2, -0.15) is 0 Å². The van der Waals surface area contributed by atoms with E-state index in [4.69, 9.17) is 0 Å². The Hall–Kier alpha value is -3.32.